The molecule has 0 bridgehead atoms. The molecule has 2 aromatic rings. The van der Waals surface area contributed by atoms with Gasteiger partial charge >= 0.3 is 0 Å². The van der Waals surface area contributed by atoms with E-state index in [0.29, 0.717) is 19.6 Å². The first-order chi connectivity index (χ1) is 12.8. The van der Waals surface area contributed by atoms with E-state index in [1.807, 2.05) is 19.2 Å². The lowest BCUT2D eigenvalue weighted by atomic mass is 10.1. The third kappa shape index (κ3) is 6.64. The Morgan fingerprint density at radius 1 is 1.15 bits per heavy atom. The molecule has 0 spiro atoms. The van der Waals surface area contributed by atoms with Crippen molar-refractivity contribution in [2.75, 3.05) is 26.2 Å². The summed E-state index contributed by atoms with van der Waals surface area (Å²) in [7, 11) is 0. The maximum Gasteiger partial charge on any atom is 0.223 e. The van der Waals surface area contributed by atoms with Crippen LogP contribution in [0.5, 0.6) is 0 Å². The minimum atomic E-state index is 0. The molecule has 146 valence electrons. The van der Waals surface area contributed by atoms with Gasteiger partial charge in [-0.1, -0.05) is 24.3 Å². The normalized spacial score (nSPS) is 13.7. The average Bonchev–Trinajstić information content (AvgIpc) is 3.50. The zero-order valence-corrected chi connectivity index (χ0v) is 18.0. The van der Waals surface area contributed by atoms with Crippen molar-refractivity contribution in [2.45, 2.75) is 26.2 Å². The molecule has 1 fully saturated rings. The molecule has 1 aliphatic rings. The summed E-state index contributed by atoms with van der Waals surface area (Å²) in [6.07, 6.45) is 4.73. The van der Waals surface area contributed by atoms with Gasteiger partial charge in [-0.05, 0) is 37.8 Å². The summed E-state index contributed by atoms with van der Waals surface area (Å²) in [5.74, 6) is 1.21. The lowest BCUT2D eigenvalue weighted by Crippen LogP contribution is -2.41. The summed E-state index contributed by atoms with van der Waals surface area (Å²) in [4.78, 5) is 20.7. The fourth-order valence-corrected chi connectivity index (χ4v) is 2.86. The van der Waals surface area contributed by atoms with E-state index >= 15 is 0 Å². The van der Waals surface area contributed by atoms with Gasteiger partial charge < -0.3 is 16.0 Å². The van der Waals surface area contributed by atoms with Crippen molar-refractivity contribution < 1.29 is 4.79 Å². The highest BCUT2D eigenvalue weighted by atomic mass is 127. The second kappa shape index (κ2) is 11.1. The molecule has 7 heteroatoms. The van der Waals surface area contributed by atoms with Crippen molar-refractivity contribution in [3.05, 3.63) is 42.1 Å². The summed E-state index contributed by atoms with van der Waals surface area (Å²) in [6.45, 7) is 4.81. The second-order valence-corrected chi connectivity index (χ2v) is 6.49. The molecule has 0 unspecified atom stereocenters. The summed E-state index contributed by atoms with van der Waals surface area (Å²) >= 11 is 0. The first-order valence-electron chi connectivity index (χ1n) is 9.40. The van der Waals surface area contributed by atoms with Crippen molar-refractivity contribution in [3.8, 4) is 0 Å². The van der Waals surface area contributed by atoms with Crippen LogP contribution >= 0.6 is 24.0 Å². The van der Waals surface area contributed by atoms with Gasteiger partial charge in [0, 0.05) is 43.7 Å². The Bertz CT molecular complexity index is 771. The molecule has 3 rings (SSSR count). The summed E-state index contributed by atoms with van der Waals surface area (Å²) in [5, 5.41) is 10.6. The number of halogens is 1. The monoisotopic (exact) mass is 481 g/mol. The maximum absolute atomic E-state index is 11.6. The molecule has 1 aliphatic carbocycles. The number of nitrogens with zero attached hydrogens (tertiary/aromatic N) is 2. The fraction of sp³-hybridized carbons (Fsp3) is 0.450. The second-order valence-electron chi connectivity index (χ2n) is 6.49. The van der Waals surface area contributed by atoms with Gasteiger partial charge in [0.25, 0.3) is 0 Å². The number of benzene rings is 1. The molecule has 0 atom stereocenters. The van der Waals surface area contributed by atoms with Crippen molar-refractivity contribution in [1.82, 2.24) is 20.9 Å². The first-order valence-corrected chi connectivity index (χ1v) is 9.40. The standard InChI is InChI=1S/C20H27N5O.HI/c1-2-21-20(25-14-13-23-19(26)17-8-9-17)24-12-10-16-6-3-5-15-7-4-11-22-18(15)16;/h3-7,11,17H,2,8-10,12-14H2,1H3,(H,23,26)(H2,21,24,25);1H. The molecule has 0 saturated heterocycles. The summed E-state index contributed by atoms with van der Waals surface area (Å²) < 4.78 is 0. The number of aliphatic imine (C=N–C) groups is 1. The van der Waals surface area contributed by atoms with Crippen molar-refractivity contribution in [1.29, 1.82) is 0 Å². The molecule has 1 saturated carbocycles. The molecular formula is C20H28IN5O. The van der Waals surface area contributed by atoms with E-state index in [4.69, 9.17) is 0 Å². The molecule has 6 nitrogen and oxygen atoms in total. The number of para-hydroxylation sites is 1. The zero-order chi connectivity index (χ0) is 18.2. The van der Waals surface area contributed by atoms with Crippen LogP contribution in [0.25, 0.3) is 10.9 Å². The number of aromatic nitrogens is 1. The van der Waals surface area contributed by atoms with Crippen LogP contribution in [0.4, 0.5) is 0 Å². The Hall–Kier alpha value is -1.90. The van der Waals surface area contributed by atoms with Crippen molar-refractivity contribution >= 4 is 46.7 Å². The Balaban J connectivity index is 0.00000261. The highest BCUT2D eigenvalue weighted by molar-refractivity contribution is 14.0. The minimum absolute atomic E-state index is 0. The summed E-state index contributed by atoms with van der Waals surface area (Å²) in [6, 6.07) is 10.3. The number of nitrogens with one attached hydrogen (secondary N) is 3. The minimum Gasteiger partial charge on any atom is -0.357 e. The predicted molar refractivity (Wildman–Crippen MR) is 121 cm³/mol. The topological polar surface area (TPSA) is 78.4 Å². The number of carbonyl (C=O) groups is 1. The van der Waals surface area contributed by atoms with Crippen LogP contribution in [0.3, 0.4) is 0 Å². The first kappa shape index (κ1) is 21.4. The number of fused-ring (bicyclic) bond motifs is 1. The molecule has 0 aliphatic heterocycles. The zero-order valence-electron chi connectivity index (χ0n) is 15.7. The van der Waals surface area contributed by atoms with Crippen LogP contribution in [0.1, 0.15) is 25.3 Å². The molecule has 27 heavy (non-hydrogen) atoms. The smallest absolute Gasteiger partial charge is 0.223 e. The molecule has 1 amide bonds. The van der Waals surface area contributed by atoms with Crippen molar-refractivity contribution in [3.63, 3.8) is 0 Å². The highest BCUT2D eigenvalue weighted by Crippen LogP contribution is 2.28. The van der Waals surface area contributed by atoms with Crippen LogP contribution in [0.2, 0.25) is 0 Å². The molecular weight excluding hydrogens is 453 g/mol. The van der Waals surface area contributed by atoms with Crippen LogP contribution in [0.15, 0.2) is 41.5 Å². The van der Waals surface area contributed by atoms with E-state index in [1.165, 1.54) is 5.56 Å². The largest absolute Gasteiger partial charge is 0.357 e. The molecule has 0 radical (unpaired) electrons. The van der Waals surface area contributed by atoms with E-state index in [9.17, 15) is 4.79 Å². The van der Waals surface area contributed by atoms with Crippen LogP contribution in [0, 0.1) is 5.92 Å². The molecule has 1 aromatic carbocycles. The number of carbonyl (C=O) groups excluding carboxylic acids is 1. The van der Waals surface area contributed by atoms with Crippen LogP contribution in [-0.2, 0) is 11.2 Å². The van der Waals surface area contributed by atoms with Gasteiger partial charge in [0.1, 0.15) is 0 Å². The van der Waals surface area contributed by atoms with Crippen LogP contribution < -0.4 is 16.0 Å². The number of hydrogen-bond donors (Lipinski definition) is 3. The van der Waals surface area contributed by atoms with E-state index in [0.717, 1.165) is 42.7 Å². The quantitative estimate of drug-likeness (QED) is 0.234. The Morgan fingerprint density at radius 2 is 1.93 bits per heavy atom. The Labute approximate surface area is 177 Å². The van der Waals surface area contributed by atoms with E-state index < -0.39 is 0 Å². The van der Waals surface area contributed by atoms with Crippen LogP contribution in [-0.4, -0.2) is 43.0 Å². The number of hydrogen-bond acceptors (Lipinski definition) is 3. The van der Waals surface area contributed by atoms with Gasteiger partial charge in [0.15, 0.2) is 5.96 Å². The predicted octanol–water partition coefficient (Wildman–Crippen LogP) is 2.48. The lowest BCUT2D eigenvalue weighted by Gasteiger charge is -2.12. The molecule has 3 N–H and O–H groups in total. The average molecular weight is 481 g/mol. The number of amides is 1. The number of guanidine groups is 1. The number of rotatable bonds is 8. The highest BCUT2D eigenvalue weighted by Gasteiger charge is 2.28. The van der Waals surface area contributed by atoms with E-state index in [-0.39, 0.29) is 35.8 Å². The molecule has 1 aromatic heterocycles. The molecule has 1 heterocycles. The summed E-state index contributed by atoms with van der Waals surface area (Å²) in [5.41, 5.74) is 2.25. The Morgan fingerprint density at radius 3 is 2.70 bits per heavy atom. The van der Waals surface area contributed by atoms with Gasteiger partial charge in [-0.15, -0.1) is 24.0 Å². The van der Waals surface area contributed by atoms with E-state index in [2.05, 4.69) is 50.2 Å². The Kier molecular flexibility index (Phi) is 8.77. The third-order valence-electron chi connectivity index (χ3n) is 4.38. The maximum atomic E-state index is 11.6. The van der Waals surface area contributed by atoms with Gasteiger partial charge in [0.05, 0.1) is 5.52 Å². The van der Waals surface area contributed by atoms with Gasteiger partial charge in [-0.3, -0.25) is 14.8 Å². The van der Waals surface area contributed by atoms with Gasteiger partial charge in [0.2, 0.25) is 5.91 Å². The van der Waals surface area contributed by atoms with Crippen molar-refractivity contribution in [2.24, 2.45) is 10.9 Å². The fourth-order valence-electron chi connectivity index (χ4n) is 2.86. The lowest BCUT2D eigenvalue weighted by molar-refractivity contribution is -0.122. The third-order valence-corrected chi connectivity index (χ3v) is 4.38. The SMILES string of the molecule is CCNC(=NCCc1cccc2cccnc12)NCCNC(=O)C1CC1.I. The van der Waals surface area contributed by atoms with E-state index in [1.54, 1.807) is 0 Å². The van der Waals surface area contributed by atoms with Gasteiger partial charge in [-0.2, -0.15) is 0 Å². The van der Waals surface area contributed by atoms with Gasteiger partial charge in [-0.25, -0.2) is 0 Å². The number of pyridine rings is 1.